The Kier molecular flexibility index (Phi) is 5.14. The van der Waals surface area contributed by atoms with Gasteiger partial charge < -0.3 is 0 Å². The molecule has 0 atom stereocenters. The van der Waals surface area contributed by atoms with Crippen LogP contribution in [0.4, 0.5) is 0 Å². The van der Waals surface area contributed by atoms with Crippen molar-refractivity contribution < 1.29 is 9.60 Å². The quantitative estimate of drug-likeness (QED) is 0.164. The smallest absolute Gasteiger partial charge is 0.0622 e. The van der Waals surface area contributed by atoms with Crippen molar-refractivity contribution in [3.05, 3.63) is 194 Å². The maximum Gasteiger partial charge on any atom is 0.0636 e. The summed E-state index contributed by atoms with van der Waals surface area (Å²) in [7, 11) is 0. The normalized spacial score (nSPS) is 13.6. The fraction of sp³-hybridized carbons (Fsp3) is 0. The van der Waals surface area contributed by atoms with E-state index in [1.807, 2.05) is 30.3 Å². The average molecular weight is 640 g/mol. The van der Waals surface area contributed by atoms with Gasteiger partial charge in [-0.3, -0.25) is 0 Å². The lowest BCUT2D eigenvalue weighted by Crippen LogP contribution is -1.91. The summed E-state index contributed by atoms with van der Waals surface area (Å²) >= 11 is 0. The van der Waals surface area contributed by atoms with Crippen molar-refractivity contribution in [1.82, 2.24) is 0 Å². The molecule has 0 aromatic heterocycles. The molecule has 10 rings (SSSR count). The highest BCUT2D eigenvalue weighted by Crippen LogP contribution is 2.44. The summed E-state index contributed by atoms with van der Waals surface area (Å²) in [6.07, 6.45) is 0. The standard InChI is InChI=1S/C50H32/c1-3-10-33(11-4-1)42-30-43(34-12-5-2-6-13-34)32-44(31-42)46-25-21-37-22-26-47-45(24-20-36-23-27-48(46)50(37)49(36)47)41-17-9-16-39(29-41)40-19-18-35-14-7-8-15-38(35)28-40/h1-32H/i7D,8D,14D,15D,18D,19D,28D. The predicted molar refractivity (Wildman–Crippen MR) is 215 cm³/mol. The highest BCUT2D eigenvalue weighted by molar-refractivity contribution is 6.27. The highest BCUT2D eigenvalue weighted by atomic mass is 14.2. The van der Waals surface area contributed by atoms with Gasteiger partial charge in [0.25, 0.3) is 0 Å². The van der Waals surface area contributed by atoms with Crippen molar-refractivity contribution >= 4 is 43.1 Å². The van der Waals surface area contributed by atoms with E-state index >= 15 is 0 Å². The van der Waals surface area contributed by atoms with Crippen LogP contribution in [-0.4, -0.2) is 0 Å². The maximum atomic E-state index is 9.13. The first-order valence-electron chi connectivity index (χ1n) is 20.3. The minimum atomic E-state index is -0.478. The summed E-state index contributed by atoms with van der Waals surface area (Å²) in [5, 5.41) is 6.65. The predicted octanol–water partition coefficient (Wildman–Crippen LogP) is 14.1. The topological polar surface area (TPSA) is 0 Å². The Morgan fingerprint density at radius 2 is 0.800 bits per heavy atom. The number of hydrogen-bond donors (Lipinski definition) is 0. The lowest BCUT2D eigenvalue weighted by Gasteiger charge is -2.18. The molecule has 0 amide bonds. The Bertz CT molecular complexity index is 3190. The summed E-state index contributed by atoms with van der Waals surface area (Å²) < 4.78 is 60.2. The molecule has 0 saturated heterocycles. The molecule has 0 bridgehead atoms. The lowest BCUT2D eigenvalue weighted by atomic mass is 9.86. The third-order valence-corrected chi connectivity index (χ3v) is 9.84. The molecule has 0 aliphatic heterocycles. The Morgan fingerprint density at radius 1 is 0.300 bits per heavy atom. The first-order chi connectivity index (χ1) is 27.7. The molecule has 0 aliphatic rings. The van der Waals surface area contributed by atoms with Gasteiger partial charge in [0.05, 0.1) is 9.60 Å². The zero-order chi connectivity index (χ0) is 39.1. The van der Waals surface area contributed by atoms with Crippen molar-refractivity contribution in [1.29, 1.82) is 0 Å². The summed E-state index contributed by atoms with van der Waals surface area (Å²) in [6.45, 7) is 0. The van der Waals surface area contributed by atoms with E-state index in [1.165, 1.54) is 5.39 Å². The van der Waals surface area contributed by atoms with Gasteiger partial charge >= 0.3 is 0 Å². The zero-order valence-corrected chi connectivity index (χ0v) is 26.9. The van der Waals surface area contributed by atoms with Gasteiger partial charge in [-0.05, 0) is 129 Å². The van der Waals surface area contributed by atoms with Crippen LogP contribution in [0.3, 0.4) is 0 Å². The maximum absolute atomic E-state index is 9.13. The Balaban J connectivity index is 1.17. The molecule has 0 heterocycles. The first-order valence-corrected chi connectivity index (χ1v) is 16.8. The molecular weight excluding hydrogens is 601 g/mol. The van der Waals surface area contributed by atoms with E-state index in [2.05, 4.69) is 115 Å². The second-order valence-corrected chi connectivity index (χ2v) is 12.8. The van der Waals surface area contributed by atoms with Gasteiger partial charge in [0.2, 0.25) is 0 Å². The van der Waals surface area contributed by atoms with Crippen LogP contribution in [0, 0.1) is 0 Å². The molecule has 0 N–H and O–H groups in total. The molecule has 232 valence electrons. The Hall–Kier alpha value is -6.50. The monoisotopic (exact) mass is 639 g/mol. The number of rotatable bonds is 5. The zero-order valence-electron chi connectivity index (χ0n) is 33.9. The summed E-state index contributed by atoms with van der Waals surface area (Å²) in [5.74, 6) is 0. The van der Waals surface area contributed by atoms with E-state index in [0.29, 0.717) is 5.56 Å². The third-order valence-electron chi connectivity index (χ3n) is 9.84. The highest BCUT2D eigenvalue weighted by Gasteiger charge is 2.16. The van der Waals surface area contributed by atoms with Crippen LogP contribution in [0.2, 0.25) is 0 Å². The Morgan fingerprint density at radius 3 is 1.44 bits per heavy atom. The minimum Gasteiger partial charge on any atom is -0.0622 e. The van der Waals surface area contributed by atoms with Crippen molar-refractivity contribution in [2.75, 3.05) is 0 Å². The molecular formula is C50H32. The molecule has 0 nitrogen and oxygen atoms in total. The van der Waals surface area contributed by atoms with Crippen molar-refractivity contribution in [2.45, 2.75) is 0 Å². The van der Waals surface area contributed by atoms with Crippen LogP contribution in [-0.2, 0) is 0 Å². The molecule has 50 heavy (non-hydrogen) atoms. The van der Waals surface area contributed by atoms with Gasteiger partial charge in [0.15, 0.2) is 0 Å². The lowest BCUT2D eigenvalue weighted by molar-refractivity contribution is 1.58. The number of fused-ring (bicyclic) bond motifs is 1. The van der Waals surface area contributed by atoms with Gasteiger partial charge in [-0.1, -0.05) is 164 Å². The van der Waals surface area contributed by atoms with E-state index in [1.54, 1.807) is 6.07 Å². The molecule has 0 unspecified atom stereocenters. The van der Waals surface area contributed by atoms with Crippen LogP contribution in [0.5, 0.6) is 0 Å². The third kappa shape index (κ3) is 4.77. The fourth-order valence-electron chi connectivity index (χ4n) is 7.45. The minimum absolute atomic E-state index is 0.0499. The second kappa shape index (κ2) is 11.6. The SMILES string of the molecule is [2H]c1c([2H])c([2H])c2c([2H])c(-c3cccc(-c4ccc5ccc6c(-c7cc(-c8ccccc8)cc(-c8ccccc8)c7)ccc7ccc4c5c76)c3)c([2H])c([2H])c2c1[2H]. The van der Waals surface area contributed by atoms with Crippen LogP contribution >= 0.6 is 0 Å². The largest absolute Gasteiger partial charge is 0.0636 e. The summed E-state index contributed by atoms with van der Waals surface area (Å²) in [6, 6.07) is 50.3. The summed E-state index contributed by atoms with van der Waals surface area (Å²) in [4.78, 5) is 0. The van der Waals surface area contributed by atoms with Gasteiger partial charge in [0.1, 0.15) is 0 Å². The van der Waals surface area contributed by atoms with Gasteiger partial charge in [-0.2, -0.15) is 0 Å². The van der Waals surface area contributed by atoms with Crippen LogP contribution < -0.4 is 0 Å². The number of benzene rings is 10. The van der Waals surface area contributed by atoms with Gasteiger partial charge in [0, 0.05) is 0 Å². The molecule has 0 aliphatic carbocycles. The number of hydrogen-bond acceptors (Lipinski definition) is 0. The average Bonchev–Trinajstić information content (AvgIpc) is 3.25. The van der Waals surface area contributed by atoms with E-state index in [0.717, 1.165) is 71.4 Å². The molecule has 0 fully saturated rings. The van der Waals surface area contributed by atoms with Gasteiger partial charge in [-0.15, -0.1) is 0 Å². The molecule has 10 aromatic carbocycles. The van der Waals surface area contributed by atoms with Crippen LogP contribution in [0.15, 0.2) is 194 Å². The van der Waals surface area contributed by atoms with Crippen molar-refractivity contribution in [3.8, 4) is 55.6 Å². The second-order valence-electron chi connectivity index (χ2n) is 12.8. The van der Waals surface area contributed by atoms with E-state index < -0.39 is 18.1 Å². The van der Waals surface area contributed by atoms with E-state index in [9.17, 15) is 0 Å². The fourth-order valence-corrected chi connectivity index (χ4v) is 7.45. The van der Waals surface area contributed by atoms with Crippen LogP contribution in [0.25, 0.3) is 98.7 Å². The van der Waals surface area contributed by atoms with Gasteiger partial charge in [-0.25, -0.2) is 0 Å². The first kappa shape index (κ1) is 22.2. The summed E-state index contributed by atoms with van der Waals surface area (Å²) in [5.41, 5.74) is 9.43. The molecule has 0 heteroatoms. The molecule has 0 spiro atoms. The van der Waals surface area contributed by atoms with Crippen molar-refractivity contribution in [3.63, 3.8) is 0 Å². The molecule has 0 saturated carbocycles. The Labute approximate surface area is 301 Å². The van der Waals surface area contributed by atoms with Crippen LogP contribution in [0.1, 0.15) is 9.60 Å². The molecule has 0 radical (unpaired) electrons. The van der Waals surface area contributed by atoms with E-state index in [4.69, 9.17) is 9.60 Å². The van der Waals surface area contributed by atoms with E-state index in [-0.39, 0.29) is 40.5 Å². The molecule has 10 aromatic rings. The van der Waals surface area contributed by atoms with Crippen molar-refractivity contribution in [2.24, 2.45) is 0 Å².